The van der Waals surface area contributed by atoms with Gasteiger partial charge in [-0.15, -0.1) is 0 Å². The molecule has 8 heteroatoms. The van der Waals surface area contributed by atoms with E-state index in [0.29, 0.717) is 5.56 Å². The summed E-state index contributed by atoms with van der Waals surface area (Å²) in [5.74, 6) is -0.209. The number of aliphatic hydroxyl groups excluding tert-OH is 1. The Kier molecular flexibility index (Phi) is 5.30. The van der Waals surface area contributed by atoms with Crippen molar-refractivity contribution in [2.45, 2.75) is 23.8 Å². The van der Waals surface area contributed by atoms with Crippen LogP contribution in [0.1, 0.15) is 24.5 Å². The molecule has 0 saturated carbocycles. The average molecular weight is 307 g/mol. The summed E-state index contributed by atoms with van der Waals surface area (Å²) in [5, 5.41) is 17.3. The molecule has 1 aromatic rings. The van der Waals surface area contributed by atoms with Crippen LogP contribution in [-0.2, 0) is 14.8 Å². The number of sulfonamides is 1. The summed E-state index contributed by atoms with van der Waals surface area (Å²) in [4.78, 5) is 10.8. The molecule has 106 valence electrons. The van der Waals surface area contributed by atoms with Crippen molar-refractivity contribution in [3.05, 3.63) is 28.8 Å². The Balaban J connectivity index is 2.93. The third-order valence-corrected chi connectivity index (χ3v) is 3.96. The maximum absolute atomic E-state index is 11.3. The standard InChI is InChI=1S/C11H15ClN2O4S/c1-14-11(16)5-4-9(15)7-2-3-8(12)10(6-7)19(13,17)18/h2-3,6,9,15H,4-5H2,1H3,(H,14,16)(H2,13,17,18). The summed E-state index contributed by atoms with van der Waals surface area (Å²) in [6.45, 7) is 0. The molecule has 0 fully saturated rings. The number of carbonyl (C=O) groups excluding carboxylic acids is 1. The number of halogens is 1. The number of hydrogen-bond donors (Lipinski definition) is 3. The predicted molar refractivity (Wildman–Crippen MR) is 71.1 cm³/mol. The van der Waals surface area contributed by atoms with Gasteiger partial charge in [-0.25, -0.2) is 13.6 Å². The first-order valence-electron chi connectivity index (χ1n) is 5.46. The normalized spacial score (nSPS) is 13.1. The highest BCUT2D eigenvalue weighted by atomic mass is 35.5. The van der Waals surface area contributed by atoms with E-state index in [1.165, 1.54) is 25.2 Å². The molecule has 0 aliphatic heterocycles. The van der Waals surface area contributed by atoms with Crippen LogP contribution in [0.15, 0.2) is 23.1 Å². The molecule has 0 aromatic heterocycles. The molecule has 0 radical (unpaired) electrons. The van der Waals surface area contributed by atoms with Crippen molar-refractivity contribution in [2.24, 2.45) is 5.14 Å². The first-order chi connectivity index (χ1) is 8.75. The zero-order valence-corrected chi connectivity index (χ0v) is 11.8. The summed E-state index contributed by atoms with van der Waals surface area (Å²) in [6, 6.07) is 4.05. The van der Waals surface area contributed by atoms with Crippen LogP contribution in [0, 0.1) is 0 Å². The lowest BCUT2D eigenvalue weighted by Gasteiger charge is -2.12. The van der Waals surface area contributed by atoms with Gasteiger partial charge in [-0.05, 0) is 24.1 Å². The molecule has 6 nitrogen and oxygen atoms in total. The molecule has 1 amide bonds. The van der Waals surface area contributed by atoms with Gasteiger partial charge < -0.3 is 10.4 Å². The summed E-state index contributed by atoms with van der Waals surface area (Å²) in [5.41, 5.74) is 0.345. The molecule has 1 aromatic carbocycles. The molecule has 19 heavy (non-hydrogen) atoms. The van der Waals surface area contributed by atoms with Gasteiger partial charge in [0.15, 0.2) is 0 Å². The zero-order chi connectivity index (χ0) is 14.6. The van der Waals surface area contributed by atoms with Gasteiger partial charge in [0, 0.05) is 13.5 Å². The Morgan fingerprint density at radius 3 is 2.68 bits per heavy atom. The van der Waals surface area contributed by atoms with Gasteiger partial charge >= 0.3 is 0 Å². The van der Waals surface area contributed by atoms with Crippen LogP contribution in [-0.4, -0.2) is 26.5 Å². The fourth-order valence-corrected chi connectivity index (χ4v) is 2.59. The van der Waals surface area contributed by atoms with E-state index in [9.17, 15) is 18.3 Å². The number of nitrogens with one attached hydrogen (secondary N) is 1. The minimum atomic E-state index is -3.95. The van der Waals surface area contributed by atoms with Crippen molar-refractivity contribution in [3.8, 4) is 0 Å². The monoisotopic (exact) mass is 306 g/mol. The van der Waals surface area contributed by atoms with Crippen LogP contribution in [0.25, 0.3) is 0 Å². The highest BCUT2D eigenvalue weighted by Crippen LogP contribution is 2.26. The molecule has 0 bridgehead atoms. The van der Waals surface area contributed by atoms with Gasteiger partial charge in [0.05, 0.1) is 11.1 Å². The van der Waals surface area contributed by atoms with E-state index in [1.54, 1.807) is 0 Å². The molecule has 0 aliphatic carbocycles. The molecule has 0 spiro atoms. The van der Waals surface area contributed by atoms with Gasteiger partial charge in [0.25, 0.3) is 0 Å². The minimum absolute atomic E-state index is 0.00949. The van der Waals surface area contributed by atoms with Crippen LogP contribution < -0.4 is 10.5 Å². The topological polar surface area (TPSA) is 109 Å². The van der Waals surface area contributed by atoms with E-state index >= 15 is 0 Å². The van der Waals surface area contributed by atoms with Gasteiger partial charge in [0.1, 0.15) is 4.90 Å². The van der Waals surface area contributed by atoms with E-state index < -0.39 is 16.1 Å². The first-order valence-corrected chi connectivity index (χ1v) is 7.39. The third kappa shape index (κ3) is 4.46. The molecule has 1 rings (SSSR count). The lowest BCUT2D eigenvalue weighted by molar-refractivity contribution is -0.121. The second-order valence-corrected chi connectivity index (χ2v) is 5.90. The lowest BCUT2D eigenvalue weighted by atomic mass is 10.0. The smallest absolute Gasteiger partial charge is 0.239 e. The van der Waals surface area contributed by atoms with Crippen molar-refractivity contribution in [1.82, 2.24) is 5.32 Å². The molecule has 4 N–H and O–H groups in total. The zero-order valence-electron chi connectivity index (χ0n) is 10.3. The van der Waals surface area contributed by atoms with Crippen molar-refractivity contribution in [1.29, 1.82) is 0 Å². The van der Waals surface area contributed by atoms with Crippen molar-refractivity contribution in [3.63, 3.8) is 0 Å². The molecule has 1 unspecified atom stereocenters. The second kappa shape index (κ2) is 6.33. The quantitative estimate of drug-likeness (QED) is 0.737. The molecule has 0 heterocycles. The highest BCUT2D eigenvalue weighted by Gasteiger charge is 2.17. The summed E-state index contributed by atoms with van der Waals surface area (Å²) >= 11 is 5.73. The number of hydrogen-bond acceptors (Lipinski definition) is 4. The Morgan fingerprint density at radius 1 is 1.53 bits per heavy atom. The predicted octanol–water partition coefficient (Wildman–Crippen LogP) is 0.547. The maximum atomic E-state index is 11.3. The molecular weight excluding hydrogens is 292 g/mol. The minimum Gasteiger partial charge on any atom is -0.388 e. The number of nitrogens with two attached hydrogens (primary N) is 1. The van der Waals surface area contributed by atoms with Crippen molar-refractivity contribution in [2.75, 3.05) is 7.05 Å². The van der Waals surface area contributed by atoms with E-state index in [-0.39, 0.29) is 28.7 Å². The Labute approximate surface area is 116 Å². The molecule has 0 saturated heterocycles. The van der Waals surface area contributed by atoms with Crippen LogP contribution in [0.4, 0.5) is 0 Å². The fourth-order valence-electron chi connectivity index (χ4n) is 1.50. The summed E-state index contributed by atoms with van der Waals surface area (Å²) in [7, 11) is -2.45. The Bertz CT molecular complexity index is 574. The molecular formula is C11H15ClN2O4S. The van der Waals surface area contributed by atoms with Gasteiger partial charge in [0.2, 0.25) is 15.9 Å². The van der Waals surface area contributed by atoms with E-state index in [0.717, 1.165) is 0 Å². The van der Waals surface area contributed by atoms with Gasteiger partial charge in [-0.1, -0.05) is 17.7 Å². The van der Waals surface area contributed by atoms with Crippen LogP contribution in [0.5, 0.6) is 0 Å². The first kappa shape index (κ1) is 15.9. The van der Waals surface area contributed by atoms with E-state index in [1.807, 2.05) is 0 Å². The number of rotatable bonds is 5. The van der Waals surface area contributed by atoms with E-state index in [2.05, 4.69) is 5.32 Å². The van der Waals surface area contributed by atoms with Gasteiger partial charge in [-0.2, -0.15) is 0 Å². The third-order valence-electron chi connectivity index (χ3n) is 2.57. The average Bonchev–Trinajstić information content (AvgIpc) is 2.34. The van der Waals surface area contributed by atoms with Crippen molar-refractivity contribution < 1.29 is 18.3 Å². The Morgan fingerprint density at radius 2 is 2.16 bits per heavy atom. The lowest BCUT2D eigenvalue weighted by Crippen LogP contribution is -2.18. The number of carbonyl (C=O) groups is 1. The van der Waals surface area contributed by atoms with Crippen LogP contribution in [0.2, 0.25) is 5.02 Å². The largest absolute Gasteiger partial charge is 0.388 e. The SMILES string of the molecule is CNC(=O)CCC(O)c1ccc(Cl)c(S(N)(=O)=O)c1. The summed E-state index contributed by atoms with van der Waals surface area (Å²) < 4.78 is 22.6. The number of benzene rings is 1. The van der Waals surface area contributed by atoms with Crippen molar-refractivity contribution >= 4 is 27.5 Å². The fraction of sp³-hybridized carbons (Fsp3) is 0.364. The molecule has 1 atom stereocenters. The van der Waals surface area contributed by atoms with Crippen LogP contribution >= 0.6 is 11.6 Å². The van der Waals surface area contributed by atoms with Gasteiger partial charge in [-0.3, -0.25) is 4.79 Å². The van der Waals surface area contributed by atoms with Crippen LogP contribution in [0.3, 0.4) is 0 Å². The number of primary sulfonamides is 1. The van der Waals surface area contributed by atoms with E-state index in [4.69, 9.17) is 16.7 Å². The highest BCUT2D eigenvalue weighted by molar-refractivity contribution is 7.89. The summed E-state index contributed by atoms with van der Waals surface area (Å²) in [6.07, 6.45) is -0.661. The number of amides is 1. The number of aliphatic hydroxyl groups is 1. The Hall–Kier alpha value is -1.15. The second-order valence-electron chi connectivity index (χ2n) is 3.96. The molecule has 0 aliphatic rings. The maximum Gasteiger partial charge on any atom is 0.239 e.